The van der Waals surface area contributed by atoms with Crippen molar-refractivity contribution in [3.05, 3.63) is 0 Å². The highest BCUT2D eigenvalue weighted by Crippen LogP contribution is 2.34. The first-order valence-electron chi connectivity index (χ1n) is 6.78. The zero-order valence-electron chi connectivity index (χ0n) is 11.2. The van der Waals surface area contributed by atoms with Gasteiger partial charge in [-0.2, -0.15) is 0 Å². The van der Waals surface area contributed by atoms with Gasteiger partial charge in [-0.15, -0.1) is 11.8 Å². The molecule has 17 heavy (non-hydrogen) atoms. The molecule has 0 aromatic heterocycles. The number of nitrogens with two attached hydrogens (primary N) is 1. The van der Waals surface area contributed by atoms with Crippen LogP contribution in [-0.4, -0.2) is 18.2 Å². The van der Waals surface area contributed by atoms with E-state index in [1.807, 2.05) is 6.92 Å². The molecule has 0 aromatic carbocycles. The first-order chi connectivity index (χ1) is 8.29. The maximum Gasteiger partial charge on any atom is 0.0857 e. The van der Waals surface area contributed by atoms with E-state index in [0.29, 0.717) is 0 Å². The summed E-state index contributed by atoms with van der Waals surface area (Å²) >= 11 is 0. The van der Waals surface area contributed by atoms with Crippen LogP contribution in [0.1, 0.15) is 58.8 Å². The Morgan fingerprint density at radius 1 is 1.29 bits per heavy atom. The molecule has 1 aliphatic carbocycles. The molecule has 1 saturated carbocycles. The van der Waals surface area contributed by atoms with Crippen molar-refractivity contribution in [2.75, 3.05) is 6.61 Å². The summed E-state index contributed by atoms with van der Waals surface area (Å²) < 4.78 is 6.09. The molecule has 3 nitrogen and oxygen atoms in total. The smallest absolute Gasteiger partial charge is 0.0857 e. The fourth-order valence-electron chi connectivity index (χ4n) is 2.81. The van der Waals surface area contributed by atoms with Gasteiger partial charge in [0.15, 0.2) is 0 Å². The SMILES string of the molecule is CC#CCC(NN)C1(OCC)CCCCCC1. The fourth-order valence-corrected chi connectivity index (χ4v) is 2.81. The van der Waals surface area contributed by atoms with Gasteiger partial charge in [0.2, 0.25) is 0 Å². The second kappa shape index (κ2) is 7.71. The van der Waals surface area contributed by atoms with E-state index in [-0.39, 0.29) is 11.6 Å². The van der Waals surface area contributed by atoms with Crippen molar-refractivity contribution >= 4 is 0 Å². The third kappa shape index (κ3) is 3.99. The molecule has 0 saturated heterocycles. The van der Waals surface area contributed by atoms with Crippen LogP contribution in [0.3, 0.4) is 0 Å². The van der Waals surface area contributed by atoms with Crippen LogP contribution in [0.15, 0.2) is 0 Å². The molecule has 0 spiro atoms. The molecule has 1 aliphatic rings. The maximum atomic E-state index is 6.09. The van der Waals surface area contributed by atoms with Crippen molar-refractivity contribution in [1.29, 1.82) is 0 Å². The summed E-state index contributed by atoms with van der Waals surface area (Å²) in [5, 5.41) is 0. The summed E-state index contributed by atoms with van der Waals surface area (Å²) in [6.07, 6.45) is 8.06. The Hall–Kier alpha value is -0.560. The van der Waals surface area contributed by atoms with Gasteiger partial charge >= 0.3 is 0 Å². The van der Waals surface area contributed by atoms with Crippen molar-refractivity contribution in [1.82, 2.24) is 5.43 Å². The Kier molecular flexibility index (Phi) is 6.57. The summed E-state index contributed by atoms with van der Waals surface area (Å²) in [5.74, 6) is 11.8. The first-order valence-corrected chi connectivity index (χ1v) is 6.78. The van der Waals surface area contributed by atoms with E-state index in [2.05, 4.69) is 24.2 Å². The average Bonchev–Trinajstić information content (AvgIpc) is 2.57. The third-order valence-corrected chi connectivity index (χ3v) is 3.70. The van der Waals surface area contributed by atoms with Crippen molar-refractivity contribution in [3.8, 4) is 11.8 Å². The van der Waals surface area contributed by atoms with Gasteiger partial charge in [0.25, 0.3) is 0 Å². The predicted molar refractivity (Wildman–Crippen MR) is 71.2 cm³/mol. The second-order valence-electron chi connectivity index (χ2n) is 4.76. The van der Waals surface area contributed by atoms with Crippen LogP contribution >= 0.6 is 0 Å². The second-order valence-corrected chi connectivity index (χ2v) is 4.76. The Labute approximate surface area is 105 Å². The molecule has 0 aliphatic heterocycles. The lowest BCUT2D eigenvalue weighted by Gasteiger charge is -2.39. The lowest BCUT2D eigenvalue weighted by molar-refractivity contribution is -0.0758. The average molecular weight is 238 g/mol. The summed E-state index contributed by atoms with van der Waals surface area (Å²) in [6.45, 7) is 4.68. The molecule has 0 heterocycles. The minimum absolute atomic E-state index is 0.107. The number of nitrogens with one attached hydrogen (secondary N) is 1. The van der Waals surface area contributed by atoms with Crippen LogP contribution < -0.4 is 11.3 Å². The predicted octanol–water partition coefficient (Wildman–Crippen LogP) is 2.36. The highest BCUT2D eigenvalue weighted by atomic mass is 16.5. The minimum Gasteiger partial charge on any atom is -0.374 e. The van der Waals surface area contributed by atoms with Gasteiger partial charge in [0.1, 0.15) is 0 Å². The monoisotopic (exact) mass is 238 g/mol. The van der Waals surface area contributed by atoms with Gasteiger partial charge in [-0.3, -0.25) is 11.3 Å². The molecule has 3 N–H and O–H groups in total. The molecule has 98 valence electrons. The highest BCUT2D eigenvalue weighted by molar-refractivity contribution is 5.04. The lowest BCUT2D eigenvalue weighted by Crippen LogP contribution is -2.54. The Morgan fingerprint density at radius 2 is 1.94 bits per heavy atom. The van der Waals surface area contributed by atoms with E-state index >= 15 is 0 Å². The molecular weight excluding hydrogens is 212 g/mol. The van der Waals surface area contributed by atoms with Gasteiger partial charge in [-0.1, -0.05) is 25.7 Å². The largest absolute Gasteiger partial charge is 0.374 e. The van der Waals surface area contributed by atoms with E-state index < -0.39 is 0 Å². The molecule has 1 fully saturated rings. The van der Waals surface area contributed by atoms with Crippen molar-refractivity contribution in [2.24, 2.45) is 5.84 Å². The quantitative estimate of drug-likeness (QED) is 0.334. The van der Waals surface area contributed by atoms with Crippen molar-refractivity contribution < 1.29 is 4.74 Å². The number of hydrogen-bond donors (Lipinski definition) is 2. The Morgan fingerprint density at radius 3 is 2.41 bits per heavy atom. The van der Waals surface area contributed by atoms with E-state index in [9.17, 15) is 0 Å². The first kappa shape index (κ1) is 14.5. The summed E-state index contributed by atoms with van der Waals surface area (Å²) in [6, 6.07) is 0.146. The zero-order valence-corrected chi connectivity index (χ0v) is 11.2. The van der Waals surface area contributed by atoms with Gasteiger partial charge in [-0.05, 0) is 26.7 Å². The van der Waals surface area contributed by atoms with Crippen LogP contribution in [0.2, 0.25) is 0 Å². The number of hydrazine groups is 1. The molecule has 1 atom stereocenters. The third-order valence-electron chi connectivity index (χ3n) is 3.70. The molecule has 0 radical (unpaired) electrons. The standard InChI is InChI=1S/C14H26N2O/c1-3-5-10-13(16-15)14(17-4-2)11-8-6-7-9-12-14/h13,16H,4,6-12,15H2,1-2H3. The number of rotatable bonds is 5. The van der Waals surface area contributed by atoms with E-state index in [0.717, 1.165) is 25.9 Å². The van der Waals surface area contributed by atoms with Gasteiger partial charge in [0.05, 0.1) is 11.6 Å². The molecule has 0 amide bonds. The van der Waals surface area contributed by atoms with Gasteiger partial charge < -0.3 is 4.74 Å². The van der Waals surface area contributed by atoms with Gasteiger partial charge in [0, 0.05) is 13.0 Å². The maximum absolute atomic E-state index is 6.09. The summed E-state index contributed by atoms with van der Waals surface area (Å²) in [4.78, 5) is 0. The lowest BCUT2D eigenvalue weighted by atomic mass is 9.84. The summed E-state index contributed by atoms with van der Waals surface area (Å²) in [5.41, 5.74) is 2.83. The topological polar surface area (TPSA) is 47.3 Å². The van der Waals surface area contributed by atoms with Crippen LogP contribution in [0.5, 0.6) is 0 Å². The van der Waals surface area contributed by atoms with Crippen molar-refractivity contribution in [2.45, 2.75) is 70.4 Å². The van der Waals surface area contributed by atoms with Crippen molar-refractivity contribution in [3.63, 3.8) is 0 Å². The van der Waals surface area contributed by atoms with E-state index in [1.165, 1.54) is 25.7 Å². The van der Waals surface area contributed by atoms with Crippen LogP contribution in [-0.2, 0) is 4.74 Å². The number of hydrogen-bond acceptors (Lipinski definition) is 3. The summed E-state index contributed by atoms with van der Waals surface area (Å²) in [7, 11) is 0. The van der Waals surface area contributed by atoms with Gasteiger partial charge in [-0.25, -0.2) is 0 Å². The van der Waals surface area contributed by atoms with E-state index in [1.54, 1.807) is 0 Å². The zero-order chi connectivity index (χ0) is 12.6. The fraction of sp³-hybridized carbons (Fsp3) is 0.857. The highest BCUT2D eigenvalue weighted by Gasteiger charge is 2.38. The molecule has 1 unspecified atom stereocenters. The normalized spacial score (nSPS) is 21.1. The van der Waals surface area contributed by atoms with Crippen LogP contribution in [0.4, 0.5) is 0 Å². The molecule has 3 heteroatoms. The molecule has 0 aromatic rings. The molecular formula is C14H26N2O. The van der Waals surface area contributed by atoms with Crippen LogP contribution in [0.25, 0.3) is 0 Å². The minimum atomic E-state index is -0.107. The van der Waals surface area contributed by atoms with E-state index in [4.69, 9.17) is 10.6 Å². The number of ether oxygens (including phenoxy) is 1. The Bertz CT molecular complexity index is 259. The molecule has 1 rings (SSSR count). The van der Waals surface area contributed by atoms with Crippen LogP contribution in [0, 0.1) is 11.8 Å². The molecule has 0 bridgehead atoms. The Balaban J connectivity index is 2.79.